The van der Waals surface area contributed by atoms with E-state index in [0.717, 1.165) is 127 Å². The van der Waals surface area contributed by atoms with Crippen LogP contribution in [0.25, 0.3) is 56.7 Å². The first kappa shape index (κ1) is 35.4. The number of rotatable bonds is 5. The maximum absolute atomic E-state index is 4.95. The Kier molecular flexibility index (Phi) is 10.3. The fraction of sp³-hybridized carbons (Fsp3) is 0.200. The first-order valence-corrected chi connectivity index (χ1v) is 19.0. The quantitative estimate of drug-likeness (QED) is 0.144. The van der Waals surface area contributed by atoms with E-state index >= 15 is 0 Å². The molecule has 6 aromatic rings. The number of nitrogens with one attached hydrogen (secondary N) is 4. The minimum Gasteiger partial charge on any atom is -0.362 e. The maximum atomic E-state index is 4.95. The van der Waals surface area contributed by atoms with Gasteiger partial charge in [0.05, 0.1) is 0 Å². The summed E-state index contributed by atoms with van der Waals surface area (Å²) in [6.45, 7) is 13.1. The van der Waals surface area contributed by atoms with E-state index in [9.17, 15) is 0 Å². The predicted octanol–water partition coefficient (Wildman–Crippen LogP) is -2.89. The van der Waals surface area contributed by atoms with Crippen molar-refractivity contribution in [2.75, 3.05) is 0 Å². The zero-order valence-corrected chi connectivity index (χ0v) is 35.6. The van der Waals surface area contributed by atoms with Crippen molar-refractivity contribution in [3.8, 4) is 56.7 Å². The molecule has 4 aromatic heterocycles. The van der Waals surface area contributed by atoms with Crippen molar-refractivity contribution in [1.82, 2.24) is 39.9 Å². The van der Waals surface area contributed by atoms with Crippen molar-refractivity contribution in [2.45, 2.75) is 41.5 Å². The first-order chi connectivity index (χ1) is 21.6. The summed E-state index contributed by atoms with van der Waals surface area (Å²) in [5.41, 5.74) is 13.2. The molecule has 0 saturated carbocycles. The Bertz CT molecular complexity index is 1840. The van der Waals surface area contributed by atoms with Gasteiger partial charge >= 0.3 is 0 Å². The van der Waals surface area contributed by atoms with Crippen LogP contribution in [0.15, 0.2) is 0 Å². The second kappa shape index (κ2) is 13.3. The summed E-state index contributed by atoms with van der Waals surface area (Å²) >= 11 is 22.0. The van der Waals surface area contributed by atoms with Crippen LogP contribution in [0.5, 0.6) is 0 Å². The lowest BCUT2D eigenvalue weighted by Crippen LogP contribution is -2.24. The molecule has 2 aromatic carbocycles. The lowest BCUT2D eigenvalue weighted by atomic mass is 9.78. The molecule has 0 spiro atoms. The Balaban J connectivity index is 1.82. The molecule has 16 heteroatoms. The summed E-state index contributed by atoms with van der Waals surface area (Å²) < 4.78 is 7.21. The number of hydrogen-bond donors (Lipinski definition) is 4. The molecule has 16 radical (unpaired) electrons. The minimum atomic E-state index is 0.816. The summed E-state index contributed by atoms with van der Waals surface area (Å²) in [4.78, 5) is 33.9. The highest BCUT2D eigenvalue weighted by Crippen LogP contribution is 2.48. The van der Waals surface area contributed by atoms with Crippen LogP contribution in [0.3, 0.4) is 0 Å². The van der Waals surface area contributed by atoms with Crippen LogP contribution in [0.1, 0.15) is 33.4 Å². The van der Waals surface area contributed by atoms with Crippen molar-refractivity contribution < 1.29 is 0 Å². The van der Waals surface area contributed by atoms with E-state index in [4.69, 9.17) is 19.9 Å². The van der Waals surface area contributed by atoms with Crippen molar-refractivity contribution >= 4 is 167 Å². The first-order valence-electron chi connectivity index (χ1n) is 14.3. The molecular formula is C30H22Al8N8. The molecule has 8 nitrogen and oxygen atoms in total. The van der Waals surface area contributed by atoms with Gasteiger partial charge in [-0.3, -0.25) is 19.9 Å². The molecule has 0 amide bonds. The van der Waals surface area contributed by atoms with Gasteiger partial charge < -0.3 is 19.9 Å². The highest BCUT2D eigenvalue weighted by molar-refractivity contribution is 6.48. The van der Waals surface area contributed by atoms with Crippen LogP contribution in [-0.4, -0.2) is 170 Å². The van der Waals surface area contributed by atoms with Gasteiger partial charge in [-0.25, -0.2) is 0 Å². The standard InChI is InChI=1S/C30H22N8.8Al/c1-15-21(16(2)24(28-33-9-10-34-28)19(5)23(15)27-31-7-8-32-27)22-17(3)25(29-35-11-12-36-29)20(6)26(18(22)4)30-37-13-14-38-30;;;;;;;;/h1-6H3,(H,31,32)(H,33,34)(H,35,36)(H,37,38);;;;;;;;. The van der Waals surface area contributed by atoms with Gasteiger partial charge in [-0.2, -0.15) is 0 Å². The third-order valence-corrected chi connectivity index (χ3v) is 13.6. The number of aromatic amines is 4. The van der Waals surface area contributed by atoms with E-state index in [-0.39, 0.29) is 0 Å². The second-order valence-corrected chi connectivity index (χ2v) is 16.0. The summed E-state index contributed by atoms with van der Waals surface area (Å²) in [7, 11) is 0. The van der Waals surface area contributed by atoms with Crippen LogP contribution in [-0.2, 0) is 0 Å². The van der Waals surface area contributed by atoms with Gasteiger partial charge in [0.15, 0.2) is 0 Å². The van der Waals surface area contributed by atoms with Crippen molar-refractivity contribution in [3.05, 3.63) is 33.4 Å². The van der Waals surface area contributed by atoms with Crippen LogP contribution < -0.4 is 36.4 Å². The molecule has 0 unspecified atom stereocenters. The van der Waals surface area contributed by atoms with E-state index in [2.05, 4.69) is 192 Å². The number of nitrogens with zero attached hydrogens (tertiary/aromatic N) is 4. The van der Waals surface area contributed by atoms with Gasteiger partial charge in [-0.15, -0.1) is 0 Å². The summed E-state index contributed by atoms with van der Waals surface area (Å²) in [6, 6.07) is 0. The van der Waals surface area contributed by atoms with E-state index in [1.807, 2.05) is 0 Å². The van der Waals surface area contributed by atoms with Crippen molar-refractivity contribution in [3.63, 3.8) is 0 Å². The van der Waals surface area contributed by atoms with Crippen LogP contribution in [0.4, 0.5) is 0 Å². The molecule has 0 fully saturated rings. The molecule has 0 saturated heterocycles. The van der Waals surface area contributed by atoms with Gasteiger partial charge in [0, 0.05) is 22.3 Å². The number of H-pyrrole nitrogens is 4. The molecule has 4 heterocycles. The highest BCUT2D eigenvalue weighted by atomic mass is 27.1. The van der Waals surface area contributed by atoms with Gasteiger partial charge in [0.1, 0.15) is 23.3 Å². The van der Waals surface area contributed by atoms with Gasteiger partial charge in [-0.05, 0) is 86.1 Å². The smallest absolute Gasteiger partial charge is 0.210 e. The molecule has 0 aliphatic carbocycles. The van der Waals surface area contributed by atoms with E-state index in [0.29, 0.717) is 0 Å². The molecule has 4 N–H and O–H groups in total. The molecule has 0 aliphatic heterocycles. The maximum Gasteiger partial charge on any atom is 0.210 e. The summed E-state index contributed by atoms with van der Waals surface area (Å²) in [5.74, 6) is 3.27. The van der Waals surface area contributed by atoms with Gasteiger partial charge in [0.25, 0.3) is 0 Å². The fourth-order valence-electron chi connectivity index (χ4n) is 6.68. The van der Waals surface area contributed by atoms with Crippen LogP contribution in [0.2, 0.25) is 0 Å². The number of hydrogen-bond acceptors (Lipinski definition) is 4. The van der Waals surface area contributed by atoms with E-state index < -0.39 is 0 Å². The second-order valence-electron chi connectivity index (χ2n) is 11.5. The molecule has 6 rings (SSSR count). The van der Waals surface area contributed by atoms with Crippen molar-refractivity contribution in [2.24, 2.45) is 0 Å². The Labute approximate surface area is 334 Å². The minimum absolute atomic E-state index is 0.816. The molecule has 0 atom stereocenters. The van der Waals surface area contributed by atoms with E-state index in [1.165, 1.54) is 0 Å². The normalized spacial score (nSPS) is 11.5. The Hall–Kier alpha value is -0.460. The third-order valence-electron chi connectivity index (χ3n) is 8.74. The van der Waals surface area contributed by atoms with Crippen LogP contribution >= 0.6 is 0 Å². The highest BCUT2D eigenvalue weighted by Gasteiger charge is 2.29. The predicted molar refractivity (Wildman–Crippen MR) is 194 cm³/mol. The van der Waals surface area contributed by atoms with Crippen molar-refractivity contribution in [1.29, 1.82) is 0 Å². The number of imidazole rings is 4. The molecule has 0 aliphatic rings. The number of benzene rings is 2. The average molecular weight is 710 g/mol. The monoisotopic (exact) mass is 710 g/mol. The zero-order chi connectivity index (χ0) is 33.5. The number of aromatic nitrogens is 8. The summed E-state index contributed by atoms with van der Waals surface area (Å²) in [5, 5.41) is 0. The topological polar surface area (TPSA) is 115 Å². The Morgan fingerprint density at radius 3 is 0.630 bits per heavy atom. The molecule has 46 heavy (non-hydrogen) atoms. The Morgan fingerprint density at radius 2 is 0.478 bits per heavy atom. The largest absolute Gasteiger partial charge is 0.362 e. The molecule has 206 valence electrons. The molecular weight excluding hydrogens is 688 g/mol. The Morgan fingerprint density at radius 1 is 0.304 bits per heavy atom. The lowest BCUT2D eigenvalue weighted by molar-refractivity contribution is 1.20. The molecule has 0 bridgehead atoms. The fourth-order valence-corrected chi connectivity index (χ4v) is 8.29. The average Bonchev–Trinajstić information content (AvgIpc) is 3.68. The lowest BCUT2D eigenvalue weighted by Gasteiger charge is -2.26. The van der Waals surface area contributed by atoms with E-state index in [1.54, 1.807) is 0 Å². The SMILES string of the molecule is Cc1c(-c2n[c]([Al])[c]([Al])[nH]2)c(C)c(-c2c(C)c(-c3n[c]([Al])[c]([Al])[nH]3)c(C)c(-c3n[c]([Al])[c]([Al])[nH]3)c2C)c(C)c1-c1n[c]([Al])[c]([Al])[nH]1. The van der Waals surface area contributed by atoms with Gasteiger partial charge in [-0.1, -0.05) is 36.4 Å². The van der Waals surface area contributed by atoms with Gasteiger partial charge in [0.2, 0.25) is 130 Å². The third kappa shape index (κ3) is 5.90. The van der Waals surface area contributed by atoms with Crippen LogP contribution in [0, 0.1) is 41.5 Å². The summed E-state index contributed by atoms with van der Waals surface area (Å²) in [6.07, 6.45) is 0. The zero-order valence-electron chi connectivity index (χ0n) is 26.4.